The minimum absolute atomic E-state index is 0.0965. The van der Waals surface area contributed by atoms with E-state index in [4.69, 9.17) is 4.74 Å². The van der Waals surface area contributed by atoms with E-state index in [9.17, 15) is 18.7 Å². The van der Waals surface area contributed by atoms with Crippen LogP contribution in [-0.4, -0.2) is 23.7 Å². The van der Waals surface area contributed by atoms with Gasteiger partial charge in [-0.1, -0.05) is 24.3 Å². The number of carbonyl (C=O) groups is 1. The predicted octanol–water partition coefficient (Wildman–Crippen LogP) is 2.76. The lowest BCUT2D eigenvalue weighted by atomic mass is 9.95. The van der Waals surface area contributed by atoms with Gasteiger partial charge in [0.2, 0.25) is 0 Å². The van der Waals surface area contributed by atoms with Gasteiger partial charge in [0, 0.05) is 11.6 Å². The number of para-hydroxylation sites is 1. The third-order valence-electron chi connectivity index (χ3n) is 3.54. The van der Waals surface area contributed by atoms with Crippen LogP contribution in [0.1, 0.15) is 19.4 Å². The summed E-state index contributed by atoms with van der Waals surface area (Å²) in [6.07, 6.45) is -0.790. The SMILES string of the molecule is CC(Oc1ccccc1)C(=O)NCC(C)(O)c1ccc(F)cc1F. The van der Waals surface area contributed by atoms with E-state index < -0.39 is 29.2 Å². The average Bonchev–Trinajstić information content (AvgIpc) is 2.53. The van der Waals surface area contributed by atoms with Crippen molar-refractivity contribution in [3.63, 3.8) is 0 Å². The molecule has 2 rings (SSSR count). The van der Waals surface area contributed by atoms with Crippen LogP contribution in [0.25, 0.3) is 0 Å². The molecule has 0 aliphatic rings. The highest BCUT2D eigenvalue weighted by atomic mass is 19.1. The monoisotopic (exact) mass is 335 g/mol. The van der Waals surface area contributed by atoms with Crippen LogP contribution < -0.4 is 10.1 Å². The summed E-state index contributed by atoms with van der Waals surface area (Å²) in [5.74, 6) is -1.53. The number of rotatable bonds is 6. The molecule has 0 aliphatic carbocycles. The molecular formula is C18H19F2NO3. The molecule has 6 heteroatoms. The third-order valence-corrected chi connectivity index (χ3v) is 3.54. The van der Waals surface area contributed by atoms with E-state index in [-0.39, 0.29) is 12.1 Å². The Bertz CT molecular complexity index is 705. The van der Waals surface area contributed by atoms with Gasteiger partial charge in [0.05, 0.1) is 6.54 Å². The van der Waals surface area contributed by atoms with Crippen LogP contribution in [0.2, 0.25) is 0 Å². The Labute approximate surface area is 139 Å². The van der Waals surface area contributed by atoms with Crippen molar-refractivity contribution in [3.8, 4) is 5.75 Å². The first kappa shape index (κ1) is 17.9. The fourth-order valence-electron chi connectivity index (χ4n) is 2.18. The third kappa shape index (κ3) is 4.52. The number of carbonyl (C=O) groups excluding carboxylic acids is 1. The van der Waals surface area contributed by atoms with E-state index in [0.717, 1.165) is 12.1 Å². The standard InChI is InChI=1S/C18H19F2NO3/c1-12(24-14-6-4-3-5-7-14)17(22)21-11-18(2,23)15-9-8-13(19)10-16(15)20/h3-10,12,23H,11H2,1-2H3,(H,21,22). The molecule has 0 bridgehead atoms. The molecule has 0 aromatic heterocycles. The molecule has 24 heavy (non-hydrogen) atoms. The number of hydrogen-bond acceptors (Lipinski definition) is 3. The van der Waals surface area contributed by atoms with E-state index in [2.05, 4.69) is 5.32 Å². The van der Waals surface area contributed by atoms with Crippen LogP contribution in [0, 0.1) is 11.6 Å². The van der Waals surface area contributed by atoms with Gasteiger partial charge in [0.25, 0.3) is 5.91 Å². The number of hydrogen-bond donors (Lipinski definition) is 2. The molecule has 0 saturated heterocycles. The summed E-state index contributed by atoms with van der Waals surface area (Å²) in [6, 6.07) is 11.7. The van der Waals surface area contributed by atoms with E-state index >= 15 is 0 Å². The Morgan fingerprint density at radius 3 is 2.54 bits per heavy atom. The molecule has 2 aromatic carbocycles. The van der Waals surface area contributed by atoms with Crippen molar-refractivity contribution >= 4 is 5.91 Å². The smallest absolute Gasteiger partial charge is 0.260 e. The molecule has 128 valence electrons. The number of aliphatic hydroxyl groups is 1. The number of halogens is 2. The van der Waals surface area contributed by atoms with Crippen molar-refractivity contribution in [1.82, 2.24) is 5.32 Å². The number of benzene rings is 2. The molecule has 0 spiro atoms. The molecule has 2 aromatic rings. The fraction of sp³-hybridized carbons (Fsp3) is 0.278. The molecule has 2 N–H and O–H groups in total. The predicted molar refractivity (Wildman–Crippen MR) is 85.5 cm³/mol. The van der Waals surface area contributed by atoms with Crippen LogP contribution in [0.4, 0.5) is 8.78 Å². The van der Waals surface area contributed by atoms with Crippen molar-refractivity contribution in [1.29, 1.82) is 0 Å². The maximum atomic E-state index is 13.8. The highest BCUT2D eigenvalue weighted by Gasteiger charge is 2.28. The molecular weight excluding hydrogens is 316 g/mol. The van der Waals surface area contributed by atoms with Crippen LogP contribution in [-0.2, 0) is 10.4 Å². The van der Waals surface area contributed by atoms with Crippen LogP contribution in [0.3, 0.4) is 0 Å². The Balaban J connectivity index is 1.96. The summed E-state index contributed by atoms with van der Waals surface area (Å²) in [7, 11) is 0. The second-order valence-corrected chi connectivity index (χ2v) is 5.69. The van der Waals surface area contributed by atoms with Crippen LogP contribution >= 0.6 is 0 Å². The fourth-order valence-corrected chi connectivity index (χ4v) is 2.18. The Morgan fingerprint density at radius 2 is 1.92 bits per heavy atom. The second kappa shape index (κ2) is 7.40. The second-order valence-electron chi connectivity index (χ2n) is 5.69. The number of amides is 1. The number of nitrogens with one attached hydrogen (secondary N) is 1. The van der Waals surface area contributed by atoms with Gasteiger partial charge in [-0.15, -0.1) is 0 Å². The van der Waals surface area contributed by atoms with Crippen molar-refractivity contribution in [2.45, 2.75) is 25.6 Å². The Hall–Kier alpha value is -2.47. The molecule has 0 saturated carbocycles. The van der Waals surface area contributed by atoms with Gasteiger partial charge in [-0.3, -0.25) is 4.79 Å². The van der Waals surface area contributed by atoms with E-state index in [1.165, 1.54) is 6.92 Å². The first-order valence-electron chi connectivity index (χ1n) is 7.47. The molecule has 0 fully saturated rings. The van der Waals surface area contributed by atoms with Gasteiger partial charge in [-0.2, -0.15) is 0 Å². The average molecular weight is 335 g/mol. The van der Waals surface area contributed by atoms with Gasteiger partial charge in [0.15, 0.2) is 6.10 Å². The summed E-state index contributed by atoms with van der Waals surface area (Å²) in [5, 5.41) is 12.9. The number of ether oxygens (including phenoxy) is 1. The van der Waals surface area contributed by atoms with Crippen LogP contribution in [0.15, 0.2) is 48.5 Å². The zero-order chi connectivity index (χ0) is 17.7. The van der Waals surface area contributed by atoms with Crippen molar-refractivity contribution < 1.29 is 23.4 Å². The quantitative estimate of drug-likeness (QED) is 0.853. The zero-order valence-electron chi connectivity index (χ0n) is 13.4. The molecule has 0 radical (unpaired) electrons. The maximum Gasteiger partial charge on any atom is 0.260 e. The minimum atomic E-state index is -1.68. The Kier molecular flexibility index (Phi) is 5.51. The zero-order valence-corrected chi connectivity index (χ0v) is 13.4. The summed E-state index contributed by atoms with van der Waals surface area (Å²) >= 11 is 0. The lowest BCUT2D eigenvalue weighted by Gasteiger charge is -2.25. The van der Waals surface area contributed by atoms with Gasteiger partial charge in [-0.25, -0.2) is 8.78 Å². The Morgan fingerprint density at radius 1 is 1.25 bits per heavy atom. The highest BCUT2D eigenvalue weighted by Crippen LogP contribution is 2.23. The summed E-state index contributed by atoms with van der Waals surface area (Å²) < 4.78 is 32.2. The normalized spacial score (nSPS) is 14.5. The van der Waals surface area contributed by atoms with Gasteiger partial charge in [-0.05, 0) is 32.0 Å². The first-order valence-corrected chi connectivity index (χ1v) is 7.47. The van der Waals surface area contributed by atoms with Gasteiger partial charge in [0.1, 0.15) is 23.0 Å². The molecule has 2 atom stereocenters. The maximum absolute atomic E-state index is 13.8. The first-order chi connectivity index (χ1) is 11.3. The van der Waals surface area contributed by atoms with Gasteiger partial charge >= 0.3 is 0 Å². The lowest BCUT2D eigenvalue weighted by Crippen LogP contribution is -2.44. The minimum Gasteiger partial charge on any atom is -0.481 e. The van der Waals surface area contributed by atoms with E-state index in [0.29, 0.717) is 11.8 Å². The van der Waals surface area contributed by atoms with E-state index in [1.54, 1.807) is 31.2 Å². The largest absolute Gasteiger partial charge is 0.481 e. The summed E-state index contributed by atoms with van der Waals surface area (Å²) in [4.78, 5) is 12.1. The van der Waals surface area contributed by atoms with Crippen molar-refractivity contribution in [2.75, 3.05) is 6.54 Å². The molecule has 4 nitrogen and oxygen atoms in total. The lowest BCUT2D eigenvalue weighted by molar-refractivity contribution is -0.128. The topological polar surface area (TPSA) is 58.6 Å². The van der Waals surface area contributed by atoms with Crippen molar-refractivity contribution in [2.24, 2.45) is 0 Å². The van der Waals surface area contributed by atoms with E-state index in [1.807, 2.05) is 6.07 Å². The van der Waals surface area contributed by atoms with Crippen LogP contribution in [0.5, 0.6) is 5.75 Å². The summed E-state index contributed by atoms with van der Waals surface area (Å²) in [5.41, 5.74) is -1.78. The summed E-state index contributed by atoms with van der Waals surface area (Å²) in [6.45, 7) is 2.67. The molecule has 0 heterocycles. The molecule has 0 aliphatic heterocycles. The molecule has 2 unspecified atom stereocenters. The van der Waals surface area contributed by atoms with Gasteiger partial charge < -0.3 is 15.2 Å². The van der Waals surface area contributed by atoms with Crippen molar-refractivity contribution in [3.05, 3.63) is 65.7 Å². The highest BCUT2D eigenvalue weighted by molar-refractivity contribution is 5.80. The molecule has 1 amide bonds.